The fourth-order valence-corrected chi connectivity index (χ4v) is 3.67. The Labute approximate surface area is 165 Å². The number of aliphatic imine (C=N–C) groups is 1. The largest absolute Gasteiger partial charge is 0.375 e. The lowest BCUT2D eigenvalue weighted by Gasteiger charge is -2.21. The molecule has 0 spiro atoms. The van der Waals surface area contributed by atoms with Crippen LogP contribution in [0.15, 0.2) is 29.3 Å². The van der Waals surface area contributed by atoms with Crippen molar-refractivity contribution in [3.05, 3.63) is 35.6 Å². The standard InChI is InChI=1S/C17H26FN3OS.HI/c1-19-17(21-14-8-9-15(10-14)23-3)20-11-16(22-2)12-4-6-13(18)7-5-12;/h4-7,14-16H,8-11H2,1-3H3,(H2,19,20,21);1H. The summed E-state index contributed by atoms with van der Waals surface area (Å²) >= 11 is 1.94. The molecule has 1 aromatic carbocycles. The number of hydrogen-bond donors (Lipinski definition) is 2. The van der Waals surface area contributed by atoms with E-state index in [0.717, 1.165) is 16.8 Å². The molecule has 3 unspecified atom stereocenters. The normalized spacial score (nSPS) is 21.9. The number of nitrogens with one attached hydrogen (secondary N) is 2. The van der Waals surface area contributed by atoms with Gasteiger partial charge in [0.25, 0.3) is 0 Å². The lowest BCUT2D eigenvalue weighted by atomic mass is 10.1. The van der Waals surface area contributed by atoms with Gasteiger partial charge in [-0.05, 0) is 43.2 Å². The number of rotatable bonds is 6. The van der Waals surface area contributed by atoms with Crippen LogP contribution in [0, 0.1) is 5.82 Å². The number of guanidine groups is 1. The molecule has 0 heterocycles. The monoisotopic (exact) mass is 467 g/mol. The molecule has 0 aromatic heterocycles. The summed E-state index contributed by atoms with van der Waals surface area (Å²) in [4.78, 5) is 4.29. The lowest BCUT2D eigenvalue weighted by Crippen LogP contribution is -2.44. The summed E-state index contributed by atoms with van der Waals surface area (Å²) in [5.74, 6) is 0.555. The van der Waals surface area contributed by atoms with Gasteiger partial charge in [-0.25, -0.2) is 4.39 Å². The lowest BCUT2D eigenvalue weighted by molar-refractivity contribution is 0.106. The van der Waals surface area contributed by atoms with Gasteiger partial charge in [-0.3, -0.25) is 4.99 Å². The van der Waals surface area contributed by atoms with Gasteiger partial charge in [-0.1, -0.05) is 12.1 Å². The summed E-state index contributed by atoms with van der Waals surface area (Å²) < 4.78 is 18.5. The van der Waals surface area contributed by atoms with Crippen molar-refractivity contribution in [1.82, 2.24) is 10.6 Å². The maximum Gasteiger partial charge on any atom is 0.191 e. The van der Waals surface area contributed by atoms with Crippen LogP contribution in [0.4, 0.5) is 4.39 Å². The van der Waals surface area contributed by atoms with Crippen LogP contribution < -0.4 is 10.6 Å². The van der Waals surface area contributed by atoms with E-state index in [1.807, 2.05) is 11.8 Å². The third-order valence-corrected chi connectivity index (χ3v) is 5.36. The summed E-state index contributed by atoms with van der Waals surface area (Å²) in [7, 11) is 3.43. The van der Waals surface area contributed by atoms with Crippen molar-refractivity contribution in [1.29, 1.82) is 0 Å². The first kappa shape index (κ1) is 21.5. The van der Waals surface area contributed by atoms with E-state index >= 15 is 0 Å². The average Bonchev–Trinajstić information content (AvgIpc) is 3.03. The summed E-state index contributed by atoms with van der Waals surface area (Å²) in [6.45, 7) is 0.584. The summed E-state index contributed by atoms with van der Waals surface area (Å²) in [5, 5.41) is 7.53. The Morgan fingerprint density at radius 1 is 1.38 bits per heavy atom. The van der Waals surface area contributed by atoms with E-state index in [1.54, 1.807) is 26.3 Å². The third kappa shape index (κ3) is 6.40. The molecule has 24 heavy (non-hydrogen) atoms. The van der Waals surface area contributed by atoms with Gasteiger partial charge in [0.1, 0.15) is 5.82 Å². The molecule has 0 aliphatic heterocycles. The van der Waals surface area contributed by atoms with Crippen LogP contribution in [0.1, 0.15) is 30.9 Å². The molecular formula is C17H27FIN3OS. The Morgan fingerprint density at radius 3 is 2.62 bits per heavy atom. The van der Waals surface area contributed by atoms with Gasteiger partial charge in [-0.2, -0.15) is 11.8 Å². The minimum Gasteiger partial charge on any atom is -0.375 e. The second-order valence-electron chi connectivity index (χ2n) is 5.74. The third-order valence-electron chi connectivity index (χ3n) is 4.26. The van der Waals surface area contributed by atoms with Crippen molar-refractivity contribution in [2.45, 2.75) is 36.7 Å². The number of ether oxygens (including phenoxy) is 1. The second kappa shape index (κ2) is 11.1. The van der Waals surface area contributed by atoms with Gasteiger partial charge < -0.3 is 15.4 Å². The number of thioether (sulfide) groups is 1. The van der Waals surface area contributed by atoms with E-state index < -0.39 is 0 Å². The second-order valence-corrected chi connectivity index (χ2v) is 6.88. The highest BCUT2D eigenvalue weighted by molar-refractivity contribution is 14.0. The van der Waals surface area contributed by atoms with E-state index in [1.165, 1.54) is 31.4 Å². The number of halogens is 2. The smallest absolute Gasteiger partial charge is 0.191 e. The predicted molar refractivity (Wildman–Crippen MR) is 111 cm³/mol. The SMILES string of the molecule is CN=C(NCC(OC)c1ccc(F)cc1)NC1CCC(SC)C1.I. The molecular weight excluding hydrogens is 440 g/mol. The van der Waals surface area contributed by atoms with E-state index in [0.29, 0.717) is 12.6 Å². The molecule has 0 saturated heterocycles. The number of nitrogens with zero attached hydrogens (tertiary/aromatic N) is 1. The molecule has 0 amide bonds. The molecule has 3 atom stereocenters. The van der Waals surface area contributed by atoms with Crippen molar-refractivity contribution < 1.29 is 9.13 Å². The van der Waals surface area contributed by atoms with Crippen molar-refractivity contribution in [3.63, 3.8) is 0 Å². The molecule has 4 nitrogen and oxygen atoms in total. The Hall–Kier alpha value is -0.540. The Kier molecular flexibility index (Phi) is 9.99. The molecule has 2 rings (SSSR count). The maximum atomic E-state index is 13.0. The van der Waals surface area contributed by atoms with E-state index in [9.17, 15) is 4.39 Å². The molecule has 2 N–H and O–H groups in total. The van der Waals surface area contributed by atoms with Crippen LogP contribution in [0.2, 0.25) is 0 Å². The Morgan fingerprint density at radius 2 is 2.08 bits per heavy atom. The van der Waals surface area contributed by atoms with Crippen molar-refractivity contribution in [2.24, 2.45) is 4.99 Å². The van der Waals surface area contributed by atoms with Crippen molar-refractivity contribution in [2.75, 3.05) is 27.0 Å². The summed E-state index contributed by atoms with van der Waals surface area (Å²) in [6.07, 6.45) is 5.64. The van der Waals surface area contributed by atoms with Gasteiger partial charge in [0.15, 0.2) is 5.96 Å². The molecule has 0 bridgehead atoms. The van der Waals surface area contributed by atoms with Crippen LogP contribution in [0.3, 0.4) is 0 Å². The molecule has 7 heteroatoms. The average molecular weight is 467 g/mol. The van der Waals surface area contributed by atoms with E-state index in [2.05, 4.69) is 21.9 Å². The zero-order valence-electron chi connectivity index (χ0n) is 14.4. The first-order chi connectivity index (χ1) is 11.2. The number of benzene rings is 1. The highest BCUT2D eigenvalue weighted by Crippen LogP contribution is 2.28. The molecule has 1 aliphatic carbocycles. The highest BCUT2D eigenvalue weighted by atomic mass is 127. The van der Waals surface area contributed by atoms with Gasteiger partial charge in [0, 0.05) is 32.0 Å². The van der Waals surface area contributed by atoms with E-state index in [4.69, 9.17) is 4.74 Å². The van der Waals surface area contributed by atoms with Gasteiger partial charge in [0.2, 0.25) is 0 Å². The minimum absolute atomic E-state index is 0. The van der Waals surface area contributed by atoms with Crippen molar-refractivity contribution >= 4 is 41.7 Å². The minimum atomic E-state index is -0.237. The molecule has 1 aromatic rings. The predicted octanol–water partition coefficient (Wildman–Crippen LogP) is 3.58. The van der Waals surface area contributed by atoms with Crippen LogP contribution >= 0.6 is 35.7 Å². The molecule has 1 saturated carbocycles. The number of hydrogen-bond acceptors (Lipinski definition) is 3. The maximum absolute atomic E-state index is 13.0. The van der Waals surface area contributed by atoms with E-state index in [-0.39, 0.29) is 35.9 Å². The zero-order chi connectivity index (χ0) is 16.7. The van der Waals surface area contributed by atoms with Crippen LogP contribution in [-0.4, -0.2) is 44.2 Å². The van der Waals surface area contributed by atoms with Crippen LogP contribution in [0.25, 0.3) is 0 Å². The van der Waals surface area contributed by atoms with Gasteiger partial charge in [-0.15, -0.1) is 24.0 Å². The fourth-order valence-electron chi connectivity index (χ4n) is 2.88. The molecule has 1 aliphatic rings. The fraction of sp³-hybridized carbons (Fsp3) is 0.588. The molecule has 0 radical (unpaired) electrons. The number of methoxy groups -OCH3 is 1. The topological polar surface area (TPSA) is 45.7 Å². The van der Waals surface area contributed by atoms with Gasteiger partial charge >= 0.3 is 0 Å². The zero-order valence-corrected chi connectivity index (χ0v) is 17.6. The highest BCUT2D eigenvalue weighted by Gasteiger charge is 2.24. The van der Waals surface area contributed by atoms with Crippen molar-refractivity contribution in [3.8, 4) is 0 Å². The van der Waals surface area contributed by atoms with Crippen LogP contribution in [0.5, 0.6) is 0 Å². The summed E-state index contributed by atoms with van der Waals surface area (Å²) in [6, 6.07) is 6.89. The van der Waals surface area contributed by atoms with Crippen LogP contribution in [-0.2, 0) is 4.74 Å². The Balaban J connectivity index is 0.00000288. The quantitative estimate of drug-likeness (QED) is 0.382. The first-order valence-electron chi connectivity index (χ1n) is 7.94. The molecule has 1 fully saturated rings. The molecule has 136 valence electrons. The first-order valence-corrected chi connectivity index (χ1v) is 9.23. The van der Waals surface area contributed by atoms with Gasteiger partial charge in [0.05, 0.1) is 6.10 Å². The summed E-state index contributed by atoms with van der Waals surface area (Å²) in [5.41, 5.74) is 0.945. The Bertz CT molecular complexity index is 515.